The van der Waals surface area contributed by atoms with E-state index >= 15 is 0 Å². The Kier molecular flexibility index (Phi) is 8.21. The zero-order valence-corrected chi connectivity index (χ0v) is 17.3. The molecule has 1 heterocycles. The monoisotopic (exact) mass is 453 g/mol. The van der Waals surface area contributed by atoms with Gasteiger partial charge in [0.15, 0.2) is 0 Å². The Hall–Kier alpha value is -2.43. The van der Waals surface area contributed by atoms with E-state index < -0.39 is 70.9 Å². The van der Waals surface area contributed by atoms with Crippen LogP contribution in [0.3, 0.4) is 0 Å². The van der Waals surface area contributed by atoms with Gasteiger partial charge in [-0.3, -0.25) is 4.79 Å². The van der Waals surface area contributed by atoms with E-state index in [0.29, 0.717) is 13.0 Å². The highest BCUT2D eigenvalue weighted by Crippen LogP contribution is 2.30. The molecule has 1 N–H and O–H groups in total. The van der Waals surface area contributed by atoms with E-state index in [0.717, 1.165) is 12.8 Å². The standard InChI is InChI=1S/C20H24F5NO5/c1-20(2,3)31-19(28)26-9-10(11-6-4-5-7-29-11)8-12(27)30-18-16(24)14(22)13(21)15(23)17(18)25/h10-11H,4-9H2,1-3H3,(H,26,28). The zero-order chi connectivity index (χ0) is 23.3. The summed E-state index contributed by atoms with van der Waals surface area (Å²) in [7, 11) is 0. The van der Waals surface area contributed by atoms with Crippen molar-refractivity contribution in [3.05, 3.63) is 29.1 Å². The van der Waals surface area contributed by atoms with Crippen molar-refractivity contribution >= 4 is 12.1 Å². The first-order valence-electron chi connectivity index (χ1n) is 9.71. The maximum Gasteiger partial charge on any atom is 0.407 e. The van der Waals surface area contributed by atoms with Gasteiger partial charge in [-0.25, -0.2) is 18.0 Å². The second kappa shape index (κ2) is 10.3. The highest BCUT2D eigenvalue weighted by atomic mass is 19.2. The normalized spacial score (nSPS) is 17.7. The van der Waals surface area contributed by atoms with Crippen molar-refractivity contribution in [3.63, 3.8) is 0 Å². The van der Waals surface area contributed by atoms with Gasteiger partial charge in [-0.1, -0.05) is 0 Å². The average Bonchev–Trinajstić information content (AvgIpc) is 2.70. The minimum absolute atomic E-state index is 0.0915. The third-order valence-corrected chi connectivity index (χ3v) is 4.46. The van der Waals surface area contributed by atoms with Gasteiger partial charge < -0.3 is 19.5 Å². The van der Waals surface area contributed by atoms with Crippen molar-refractivity contribution in [1.82, 2.24) is 5.32 Å². The Labute approximate surface area is 176 Å². The van der Waals surface area contributed by atoms with Crippen LogP contribution in [0.15, 0.2) is 0 Å². The summed E-state index contributed by atoms with van der Waals surface area (Å²) >= 11 is 0. The van der Waals surface area contributed by atoms with E-state index in [4.69, 9.17) is 9.47 Å². The second-order valence-electron chi connectivity index (χ2n) is 8.13. The number of rotatable bonds is 6. The quantitative estimate of drug-likeness (QED) is 0.227. The number of benzene rings is 1. The Morgan fingerprint density at radius 1 is 1.03 bits per heavy atom. The highest BCUT2D eigenvalue weighted by molar-refractivity contribution is 5.73. The number of hydrogen-bond acceptors (Lipinski definition) is 5. The molecule has 1 aliphatic rings. The van der Waals surface area contributed by atoms with E-state index in [1.165, 1.54) is 0 Å². The zero-order valence-electron chi connectivity index (χ0n) is 17.3. The maximum absolute atomic E-state index is 13.8. The molecule has 0 spiro atoms. The lowest BCUT2D eigenvalue weighted by Crippen LogP contribution is -2.41. The molecule has 0 radical (unpaired) electrons. The number of hydrogen-bond donors (Lipinski definition) is 1. The Morgan fingerprint density at radius 2 is 1.61 bits per heavy atom. The Balaban J connectivity index is 2.11. The summed E-state index contributed by atoms with van der Waals surface area (Å²) < 4.78 is 82.5. The summed E-state index contributed by atoms with van der Waals surface area (Å²) in [6.07, 6.45) is 0.420. The molecule has 31 heavy (non-hydrogen) atoms. The lowest BCUT2D eigenvalue weighted by molar-refractivity contribution is -0.138. The molecule has 2 atom stereocenters. The smallest absolute Gasteiger partial charge is 0.407 e. The summed E-state index contributed by atoms with van der Waals surface area (Å²) in [4.78, 5) is 24.2. The van der Waals surface area contributed by atoms with Crippen molar-refractivity contribution in [2.75, 3.05) is 13.2 Å². The van der Waals surface area contributed by atoms with E-state index in [9.17, 15) is 31.5 Å². The minimum atomic E-state index is -2.36. The first kappa shape index (κ1) is 24.8. The van der Waals surface area contributed by atoms with Gasteiger partial charge in [-0.15, -0.1) is 0 Å². The van der Waals surface area contributed by atoms with E-state index in [1.54, 1.807) is 20.8 Å². The van der Waals surface area contributed by atoms with Crippen LogP contribution in [0, 0.1) is 35.0 Å². The van der Waals surface area contributed by atoms with Crippen LogP contribution in [0.4, 0.5) is 26.7 Å². The molecule has 2 unspecified atom stereocenters. The number of ether oxygens (including phenoxy) is 3. The highest BCUT2D eigenvalue weighted by Gasteiger charge is 2.32. The third kappa shape index (κ3) is 6.78. The van der Waals surface area contributed by atoms with Crippen LogP contribution in [-0.2, 0) is 14.3 Å². The van der Waals surface area contributed by atoms with Gasteiger partial charge >= 0.3 is 12.1 Å². The molecule has 174 valence electrons. The largest absolute Gasteiger partial charge is 0.444 e. The summed E-state index contributed by atoms with van der Waals surface area (Å²) in [5, 5.41) is 2.49. The fourth-order valence-electron chi connectivity index (χ4n) is 3.05. The predicted octanol–water partition coefficient (Wildman–Crippen LogP) is 4.39. The van der Waals surface area contributed by atoms with Crippen molar-refractivity contribution in [1.29, 1.82) is 0 Å². The first-order valence-corrected chi connectivity index (χ1v) is 9.71. The molecular weight excluding hydrogens is 429 g/mol. The molecule has 0 saturated carbocycles. The van der Waals surface area contributed by atoms with Gasteiger partial charge in [-0.2, -0.15) is 8.78 Å². The maximum atomic E-state index is 13.8. The molecule has 0 bridgehead atoms. The molecule has 1 aromatic rings. The van der Waals surface area contributed by atoms with Gasteiger partial charge in [0.05, 0.1) is 12.5 Å². The molecule has 1 fully saturated rings. The Morgan fingerprint density at radius 3 is 2.13 bits per heavy atom. The summed E-state index contributed by atoms with van der Waals surface area (Å²) in [6, 6.07) is 0. The van der Waals surface area contributed by atoms with Crippen molar-refractivity contribution < 1.29 is 45.8 Å². The van der Waals surface area contributed by atoms with Gasteiger partial charge in [0.2, 0.25) is 34.8 Å². The average molecular weight is 453 g/mol. The molecule has 11 heteroatoms. The number of halogens is 5. The van der Waals surface area contributed by atoms with Crippen LogP contribution in [-0.4, -0.2) is 36.9 Å². The molecule has 2 rings (SSSR count). The predicted molar refractivity (Wildman–Crippen MR) is 97.8 cm³/mol. The van der Waals surface area contributed by atoms with Crippen LogP contribution in [0.5, 0.6) is 5.75 Å². The number of nitrogens with one attached hydrogen (secondary N) is 1. The van der Waals surface area contributed by atoms with Crippen LogP contribution in [0.25, 0.3) is 0 Å². The first-order chi connectivity index (χ1) is 14.4. The van der Waals surface area contributed by atoms with Crippen LogP contribution in [0.1, 0.15) is 46.5 Å². The van der Waals surface area contributed by atoms with Gasteiger partial charge in [0.25, 0.3) is 0 Å². The number of carbonyl (C=O) groups excluding carboxylic acids is 2. The summed E-state index contributed by atoms with van der Waals surface area (Å²) in [5.41, 5.74) is -0.758. The van der Waals surface area contributed by atoms with Crippen molar-refractivity contribution in [3.8, 4) is 5.75 Å². The van der Waals surface area contributed by atoms with E-state index in [1.807, 2.05) is 0 Å². The number of esters is 1. The molecule has 0 aromatic heterocycles. The molecule has 1 aromatic carbocycles. The summed E-state index contributed by atoms with van der Waals surface area (Å²) in [6.45, 7) is 5.31. The molecule has 1 aliphatic heterocycles. The van der Waals surface area contributed by atoms with E-state index in [2.05, 4.69) is 10.1 Å². The molecule has 6 nitrogen and oxygen atoms in total. The van der Waals surface area contributed by atoms with E-state index in [-0.39, 0.29) is 6.54 Å². The lowest BCUT2D eigenvalue weighted by Gasteiger charge is -2.30. The lowest BCUT2D eigenvalue weighted by atomic mass is 9.92. The number of alkyl carbamates (subject to hydrolysis) is 1. The second-order valence-corrected chi connectivity index (χ2v) is 8.13. The Bertz CT molecular complexity index is 792. The molecule has 1 saturated heterocycles. The molecule has 1 amide bonds. The van der Waals surface area contributed by atoms with Crippen LogP contribution >= 0.6 is 0 Å². The minimum Gasteiger partial charge on any atom is -0.444 e. The topological polar surface area (TPSA) is 73.9 Å². The van der Waals surface area contributed by atoms with Crippen molar-refractivity contribution in [2.24, 2.45) is 5.92 Å². The third-order valence-electron chi connectivity index (χ3n) is 4.46. The van der Waals surface area contributed by atoms with Crippen molar-refractivity contribution in [2.45, 2.75) is 58.2 Å². The molecule has 0 aliphatic carbocycles. The van der Waals surface area contributed by atoms with Gasteiger partial charge in [0.1, 0.15) is 5.60 Å². The fourth-order valence-corrected chi connectivity index (χ4v) is 3.05. The number of amides is 1. The van der Waals surface area contributed by atoms with Crippen LogP contribution < -0.4 is 10.1 Å². The fraction of sp³-hybridized carbons (Fsp3) is 0.600. The van der Waals surface area contributed by atoms with Crippen LogP contribution in [0.2, 0.25) is 0 Å². The molecular formula is C20H24F5NO5. The summed E-state index contributed by atoms with van der Waals surface area (Å²) in [5.74, 6) is -14.9. The van der Waals surface area contributed by atoms with Gasteiger partial charge in [-0.05, 0) is 40.0 Å². The SMILES string of the molecule is CC(C)(C)OC(=O)NCC(CC(=O)Oc1c(F)c(F)c(F)c(F)c1F)C1CCCCO1. The van der Waals surface area contributed by atoms with Gasteiger partial charge in [0, 0.05) is 19.1 Å². The number of carbonyl (C=O) groups is 2.